The van der Waals surface area contributed by atoms with Gasteiger partial charge in [0.15, 0.2) is 0 Å². The van der Waals surface area contributed by atoms with Gasteiger partial charge in [0.05, 0.1) is 30.6 Å². The molecule has 14 nitrogen and oxygen atoms in total. The first kappa shape index (κ1) is 42.0. The van der Waals surface area contributed by atoms with Crippen molar-refractivity contribution in [3.8, 4) is 33.6 Å². The Bertz CT molecular complexity index is 2370. The van der Waals surface area contributed by atoms with E-state index in [1.165, 1.54) is 14.2 Å². The first-order chi connectivity index (χ1) is 28.6. The highest BCUT2D eigenvalue weighted by Gasteiger charge is 2.42. The zero-order chi connectivity index (χ0) is 43.0. The molecule has 4 amide bonds. The molecule has 14 heteroatoms. The minimum absolute atomic E-state index is 0.117. The average Bonchev–Trinajstić information content (AvgIpc) is 4.06. The molecule has 4 heterocycles. The smallest absolute Gasteiger partial charge is 0.407 e. The molecule has 4 N–H and O–H groups in total. The number of carboxylic acid groups (broad SMARTS) is 1. The van der Waals surface area contributed by atoms with Crippen molar-refractivity contribution < 1.29 is 29.0 Å². The molecule has 3 aromatic carbocycles. The summed E-state index contributed by atoms with van der Waals surface area (Å²) in [5.74, 6) is 1.30. The molecular weight excluding hydrogens is 761 g/mol. The minimum Gasteiger partial charge on any atom is -0.465 e. The maximum Gasteiger partial charge on any atom is 0.407 e. The van der Waals surface area contributed by atoms with Crippen LogP contribution in [-0.2, 0) is 14.3 Å². The molecule has 2 unspecified atom stereocenters. The van der Waals surface area contributed by atoms with Crippen LogP contribution in [0.1, 0.15) is 78.1 Å². The number of imidazole rings is 2. The normalized spacial score (nSPS) is 20.2. The number of amides is 4. The standard InChI is InChI=1S/C46H56N8O6/c1-25(2)39(51-45(57)60-8)43(55)53-23-27(5)17-37(53)41-48-22-36(50-41)34-16-15-32-19-31(13-14-33(32)20-34)29-9-11-30(12-10-29)35-21-47-42(49-35)38-18-28(6)24-54(38)44(56)40(26(3)4)52(7)46(58)59/h9-16,19-22,25-28,37-40H,17-18,23-24H2,1-8H3,(H,47,49)(H,48,50)(H,51,57)(H,58,59)/t27?,28-,37?,38+,39+,40+/m1/s1. The van der Waals surface area contributed by atoms with Gasteiger partial charge in [-0.1, -0.05) is 90.1 Å². The maximum absolute atomic E-state index is 13.8. The number of nitrogens with zero attached hydrogens (tertiary/aromatic N) is 5. The van der Waals surface area contributed by atoms with Crippen LogP contribution in [0.2, 0.25) is 0 Å². The fourth-order valence-electron chi connectivity index (χ4n) is 8.89. The van der Waals surface area contributed by atoms with Crippen LogP contribution in [0.25, 0.3) is 44.4 Å². The quantitative estimate of drug-likeness (QED) is 0.103. The van der Waals surface area contributed by atoms with Gasteiger partial charge in [-0.2, -0.15) is 0 Å². The third kappa shape index (κ3) is 8.45. The van der Waals surface area contributed by atoms with Gasteiger partial charge in [0.1, 0.15) is 23.7 Å². The molecule has 6 atom stereocenters. The van der Waals surface area contributed by atoms with E-state index in [0.29, 0.717) is 18.9 Å². The van der Waals surface area contributed by atoms with Gasteiger partial charge in [-0.15, -0.1) is 0 Å². The second kappa shape index (κ2) is 17.2. The number of likely N-dealkylation sites (N-methyl/N-ethyl adjacent to an activating group) is 1. The number of ether oxygens (including phenoxy) is 1. The van der Waals surface area contributed by atoms with E-state index in [2.05, 4.69) is 77.7 Å². The van der Waals surface area contributed by atoms with Gasteiger partial charge < -0.3 is 34.9 Å². The van der Waals surface area contributed by atoms with E-state index in [0.717, 1.165) is 68.0 Å². The Labute approximate surface area is 350 Å². The maximum atomic E-state index is 13.8. The molecule has 2 saturated heterocycles. The lowest BCUT2D eigenvalue weighted by Gasteiger charge is -2.33. The Hall–Kier alpha value is -6.18. The van der Waals surface area contributed by atoms with Crippen molar-refractivity contribution in [3.05, 3.63) is 84.7 Å². The number of alkyl carbamates (subject to hydrolysis) is 1. The number of carbonyl (C=O) groups is 4. The van der Waals surface area contributed by atoms with Crippen molar-refractivity contribution in [1.29, 1.82) is 0 Å². The molecule has 5 aromatic rings. The van der Waals surface area contributed by atoms with Crippen LogP contribution in [0.3, 0.4) is 0 Å². The largest absolute Gasteiger partial charge is 0.465 e. The zero-order valence-corrected chi connectivity index (χ0v) is 35.6. The molecule has 2 aromatic heterocycles. The van der Waals surface area contributed by atoms with Crippen molar-refractivity contribution >= 4 is 34.8 Å². The summed E-state index contributed by atoms with van der Waals surface area (Å²) in [6.07, 6.45) is 3.51. The summed E-state index contributed by atoms with van der Waals surface area (Å²) in [6.45, 7) is 12.9. The third-order valence-electron chi connectivity index (χ3n) is 12.1. The topological polar surface area (TPSA) is 177 Å². The number of hydrogen-bond donors (Lipinski definition) is 4. The third-order valence-corrected chi connectivity index (χ3v) is 12.1. The van der Waals surface area contributed by atoms with Gasteiger partial charge in [0.25, 0.3) is 0 Å². The number of hydrogen-bond acceptors (Lipinski definition) is 7. The molecule has 2 aliphatic heterocycles. The zero-order valence-electron chi connectivity index (χ0n) is 35.6. The van der Waals surface area contributed by atoms with E-state index in [1.54, 1.807) is 4.90 Å². The fourth-order valence-corrected chi connectivity index (χ4v) is 8.89. The SMILES string of the molecule is COC(=O)N[C@H](C(=O)N1CC(C)CC1c1nc(-c2ccc3cc(-c4ccc(-c5c[nH]c([C@@H]6C[C@@H](C)CN6C(=O)[C@H](C(C)C)N(C)C(=O)O)n5)cc4)ccc3c2)c[nH]1)C(C)C. The van der Waals surface area contributed by atoms with E-state index in [4.69, 9.17) is 14.7 Å². The highest BCUT2D eigenvalue weighted by molar-refractivity contribution is 5.91. The van der Waals surface area contributed by atoms with Crippen molar-refractivity contribution in [2.24, 2.45) is 23.7 Å². The van der Waals surface area contributed by atoms with Crippen LogP contribution in [0.15, 0.2) is 73.1 Å². The molecular formula is C46H56N8O6. The molecule has 0 radical (unpaired) electrons. The number of H-pyrrole nitrogens is 2. The summed E-state index contributed by atoms with van der Waals surface area (Å²) in [5.41, 5.74) is 5.61. The van der Waals surface area contributed by atoms with E-state index in [9.17, 15) is 24.3 Å². The van der Waals surface area contributed by atoms with Gasteiger partial charge in [-0.05, 0) is 70.5 Å². The molecule has 0 spiro atoms. The predicted octanol–water partition coefficient (Wildman–Crippen LogP) is 8.12. The number of aromatic nitrogens is 4. The first-order valence-electron chi connectivity index (χ1n) is 20.8. The minimum atomic E-state index is -1.13. The van der Waals surface area contributed by atoms with Crippen LogP contribution in [-0.4, -0.2) is 103 Å². The summed E-state index contributed by atoms with van der Waals surface area (Å²) < 4.78 is 4.79. The molecule has 0 aliphatic carbocycles. The van der Waals surface area contributed by atoms with Crippen LogP contribution in [0.4, 0.5) is 9.59 Å². The van der Waals surface area contributed by atoms with E-state index in [-0.39, 0.29) is 47.6 Å². The number of methoxy groups -OCH3 is 1. The molecule has 0 bridgehead atoms. The van der Waals surface area contributed by atoms with Crippen molar-refractivity contribution in [1.82, 2.24) is 40.0 Å². The number of aromatic amines is 2. The van der Waals surface area contributed by atoms with Crippen molar-refractivity contribution in [2.75, 3.05) is 27.2 Å². The molecule has 316 valence electrons. The number of fused-ring (bicyclic) bond motifs is 1. The number of likely N-dealkylation sites (tertiary alicyclic amines) is 2. The fraction of sp³-hybridized carbons (Fsp3) is 0.435. The highest BCUT2D eigenvalue weighted by Crippen LogP contribution is 2.38. The van der Waals surface area contributed by atoms with Gasteiger partial charge in [-0.25, -0.2) is 19.6 Å². The molecule has 7 rings (SSSR count). The van der Waals surface area contributed by atoms with Crippen LogP contribution >= 0.6 is 0 Å². The van der Waals surface area contributed by atoms with E-state index in [1.807, 2.05) is 57.1 Å². The Kier molecular flexibility index (Phi) is 12.0. The van der Waals surface area contributed by atoms with Crippen LogP contribution in [0.5, 0.6) is 0 Å². The van der Waals surface area contributed by atoms with E-state index < -0.39 is 24.3 Å². The average molecular weight is 817 g/mol. The number of nitrogens with one attached hydrogen (secondary N) is 3. The second-order valence-electron chi connectivity index (χ2n) is 17.3. The summed E-state index contributed by atoms with van der Waals surface area (Å²) in [4.78, 5) is 72.7. The van der Waals surface area contributed by atoms with Crippen LogP contribution < -0.4 is 5.32 Å². The monoisotopic (exact) mass is 816 g/mol. The summed E-state index contributed by atoms with van der Waals surface area (Å²) in [5, 5.41) is 14.5. The summed E-state index contributed by atoms with van der Waals surface area (Å²) in [7, 11) is 2.75. The Morgan fingerprint density at radius 3 is 1.73 bits per heavy atom. The first-order valence-corrected chi connectivity index (χ1v) is 20.8. The summed E-state index contributed by atoms with van der Waals surface area (Å²) >= 11 is 0. The Morgan fingerprint density at radius 2 is 1.22 bits per heavy atom. The van der Waals surface area contributed by atoms with E-state index >= 15 is 0 Å². The Balaban J connectivity index is 1.05. The number of benzene rings is 3. The van der Waals surface area contributed by atoms with Gasteiger partial charge in [0, 0.05) is 43.7 Å². The van der Waals surface area contributed by atoms with Crippen molar-refractivity contribution in [2.45, 2.75) is 78.6 Å². The van der Waals surface area contributed by atoms with Gasteiger partial charge >= 0.3 is 12.2 Å². The van der Waals surface area contributed by atoms with Crippen LogP contribution in [0, 0.1) is 23.7 Å². The molecule has 60 heavy (non-hydrogen) atoms. The van der Waals surface area contributed by atoms with Crippen molar-refractivity contribution in [3.63, 3.8) is 0 Å². The highest BCUT2D eigenvalue weighted by atomic mass is 16.5. The lowest BCUT2D eigenvalue weighted by atomic mass is 9.98. The molecule has 2 fully saturated rings. The molecule has 0 saturated carbocycles. The Morgan fingerprint density at radius 1 is 0.733 bits per heavy atom. The van der Waals surface area contributed by atoms with Gasteiger partial charge in [-0.3, -0.25) is 14.5 Å². The predicted molar refractivity (Wildman–Crippen MR) is 230 cm³/mol. The lowest BCUT2D eigenvalue weighted by Crippen LogP contribution is -2.51. The second-order valence-corrected chi connectivity index (χ2v) is 17.3. The summed E-state index contributed by atoms with van der Waals surface area (Å²) in [6, 6.07) is 19.0. The lowest BCUT2D eigenvalue weighted by molar-refractivity contribution is -0.138. The number of rotatable bonds is 11. The number of carbonyl (C=O) groups excluding carboxylic acids is 3. The molecule has 2 aliphatic rings. The van der Waals surface area contributed by atoms with Gasteiger partial charge in [0.2, 0.25) is 11.8 Å².